The lowest BCUT2D eigenvalue weighted by Gasteiger charge is -2.12. The third-order valence-electron chi connectivity index (χ3n) is 4.18. The average molecular weight is 351 g/mol. The molecule has 0 aliphatic carbocycles. The van der Waals surface area contributed by atoms with Crippen molar-refractivity contribution >= 4 is 17.8 Å². The molecule has 2 aromatic heterocycles. The van der Waals surface area contributed by atoms with E-state index < -0.39 is 5.97 Å². The predicted molar refractivity (Wildman–Crippen MR) is 100 cm³/mol. The zero-order valence-electron chi connectivity index (χ0n) is 15.1. The normalized spacial score (nSPS) is 10.7. The Bertz CT molecular complexity index is 972. The Balaban J connectivity index is 2.42. The van der Waals surface area contributed by atoms with Gasteiger partial charge in [0.05, 0.1) is 30.0 Å². The van der Waals surface area contributed by atoms with Crippen LogP contribution in [0, 0.1) is 6.92 Å². The molecule has 26 heavy (non-hydrogen) atoms. The van der Waals surface area contributed by atoms with Gasteiger partial charge >= 0.3 is 5.97 Å². The third kappa shape index (κ3) is 2.96. The second-order valence-corrected chi connectivity index (χ2v) is 5.86. The number of aromatic nitrogens is 1. The van der Waals surface area contributed by atoms with Crippen LogP contribution in [0.3, 0.4) is 0 Å². The van der Waals surface area contributed by atoms with E-state index in [2.05, 4.69) is 0 Å². The largest absolute Gasteiger partial charge is 0.493 e. The topological polar surface area (TPSA) is 57.0 Å². The number of carbonyl (C=O) groups excluding carboxylic acids is 2. The number of benzene rings is 1. The standard InChI is InChI=1S/C21H21NO4/c1-4-25-18-10-9-14(3)12-15(18)19-17(13-23)22-11-7-6-8-16(22)20(19)21(24)26-5-2/h6-13H,4-5H2,1-3H3. The van der Waals surface area contributed by atoms with Gasteiger partial charge in [-0.1, -0.05) is 17.7 Å². The smallest absolute Gasteiger partial charge is 0.340 e. The molecule has 0 saturated carbocycles. The number of ether oxygens (including phenoxy) is 2. The lowest BCUT2D eigenvalue weighted by Crippen LogP contribution is -2.06. The van der Waals surface area contributed by atoms with Gasteiger partial charge in [0, 0.05) is 17.3 Å². The maximum Gasteiger partial charge on any atom is 0.340 e. The fraction of sp³-hybridized carbons (Fsp3) is 0.238. The number of aldehydes is 1. The number of esters is 1. The van der Waals surface area contributed by atoms with Crippen molar-refractivity contribution in [3.05, 3.63) is 59.4 Å². The number of rotatable bonds is 6. The van der Waals surface area contributed by atoms with E-state index in [0.29, 0.717) is 40.3 Å². The maximum absolute atomic E-state index is 12.7. The lowest BCUT2D eigenvalue weighted by molar-refractivity contribution is 0.0529. The zero-order valence-corrected chi connectivity index (χ0v) is 15.1. The van der Waals surface area contributed by atoms with E-state index in [1.54, 1.807) is 23.6 Å². The number of fused-ring (bicyclic) bond motifs is 1. The van der Waals surface area contributed by atoms with Gasteiger partial charge < -0.3 is 13.9 Å². The van der Waals surface area contributed by atoms with Crippen LogP contribution in [0.25, 0.3) is 16.6 Å². The van der Waals surface area contributed by atoms with Crippen LogP contribution in [0.2, 0.25) is 0 Å². The number of carbonyl (C=O) groups is 2. The van der Waals surface area contributed by atoms with Gasteiger partial charge in [-0.15, -0.1) is 0 Å². The van der Waals surface area contributed by atoms with Gasteiger partial charge in [-0.25, -0.2) is 4.79 Å². The van der Waals surface area contributed by atoms with Crippen LogP contribution in [0.4, 0.5) is 0 Å². The first-order chi connectivity index (χ1) is 12.6. The summed E-state index contributed by atoms with van der Waals surface area (Å²) < 4.78 is 12.8. The molecule has 3 rings (SSSR count). The van der Waals surface area contributed by atoms with Crippen molar-refractivity contribution in [2.75, 3.05) is 13.2 Å². The first-order valence-electron chi connectivity index (χ1n) is 8.61. The van der Waals surface area contributed by atoms with E-state index in [1.165, 1.54) is 0 Å². The minimum absolute atomic E-state index is 0.255. The fourth-order valence-electron chi connectivity index (χ4n) is 3.15. The van der Waals surface area contributed by atoms with Gasteiger partial charge in [-0.3, -0.25) is 4.79 Å². The van der Waals surface area contributed by atoms with Gasteiger partial charge in [0.1, 0.15) is 5.75 Å². The van der Waals surface area contributed by atoms with Crippen LogP contribution in [-0.2, 0) is 4.74 Å². The van der Waals surface area contributed by atoms with Crippen LogP contribution in [-0.4, -0.2) is 29.9 Å². The summed E-state index contributed by atoms with van der Waals surface area (Å²) in [5.74, 6) is 0.172. The Morgan fingerprint density at radius 2 is 1.96 bits per heavy atom. The second kappa shape index (κ2) is 7.44. The highest BCUT2D eigenvalue weighted by Gasteiger charge is 2.27. The average Bonchev–Trinajstić information content (AvgIpc) is 2.97. The Labute approximate surface area is 152 Å². The van der Waals surface area contributed by atoms with Crippen LogP contribution >= 0.6 is 0 Å². The molecule has 1 aromatic carbocycles. The van der Waals surface area contributed by atoms with Crippen molar-refractivity contribution in [3.8, 4) is 16.9 Å². The van der Waals surface area contributed by atoms with E-state index in [0.717, 1.165) is 11.8 Å². The molecule has 0 atom stereocenters. The van der Waals surface area contributed by atoms with Crippen molar-refractivity contribution < 1.29 is 19.1 Å². The molecular formula is C21H21NO4. The summed E-state index contributed by atoms with van der Waals surface area (Å²) >= 11 is 0. The van der Waals surface area contributed by atoms with E-state index in [1.807, 2.05) is 44.2 Å². The molecule has 5 nitrogen and oxygen atoms in total. The highest BCUT2D eigenvalue weighted by molar-refractivity contribution is 6.09. The lowest BCUT2D eigenvalue weighted by atomic mass is 9.98. The predicted octanol–water partition coefficient (Wildman–Crippen LogP) is 4.30. The summed E-state index contributed by atoms with van der Waals surface area (Å²) in [6.07, 6.45) is 2.53. The third-order valence-corrected chi connectivity index (χ3v) is 4.18. The maximum atomic E-state index is 12.7. The highest BCUT2D eigenvalue weighted by atomic mass is 16.5. The first kappa shape index (κ1) is 17.7. The van der Waals surface area contributed by atoms with E-state index in [4.69, 9.17) is 9.47 Å². The van der Waals surface area contributed by atoms with E-state index >= 15 is 0 Å². The highest BCUT2D eigenvalue weighted by Crippen LogP contribution is 2.39. The van der Waals surface area contributed by atoms with Gasteiger partial charge in [-0.05, 0) is 45.0 Å². The Morgan fingerprint density at radius 3 is 2.65 bits per heavy atom. The molecule has 0 fully saturated rings. The monoisotopic (exact) mass is 351 g/mol. The summed E-state index contributed by atoms with van der Waals surface area (Å²) in [4.78, 5) is 24.7. The number of pyridine rings is 1. The number of hydrogen-bond acceptors (Lipinski definition) is 4. The number of hydrogen-bond donors (Lipinski definition) is 0. The molecule has 0 aliphatic heterocycles. The van der Waals surface area contributed by atoms with E-state index in [9.17, 15) is 9.59 Å². The molecular weight excluding hydrogens is 330 g/mol. The molecule has 0 N–H and O–H groups in total. The van der Waals surface area contributed by atoms with Crippen molar-refractivity contribution in [2.24, 2.45) is 0 Å². The SMILES string of the molecule is CCOC(=O)c1c(-c2cc(C)ccc2OCC)c(C=O)n2ccccc12. The summed E-state index contributed by atoms with van der Waals surface area (Å²) in [6.45, 7) is 6.35. The quantitative estimate of drug-likeness (QED) is 0.491. The van der Waals surface area contributed by atoms with Crippen LogP contribution in [0.15, 0.2) is 42.6 Å². The van der Waals surface area contributed by atoms with Crippen molar-refractivity contribution in [3.63, 3.8) is 0 Å². The second-order valence-electron chi connectivity index (χ2n) is 5.86. The minimum Gasteiger partial charge on any atom is -0.493 e. The van der Waals surface area contributed by atoms with Crippen molar-refractivity contribution in [1.82, 2.24) is 4.40 Å². The fourth-order valence-corrected chi connectivity index (χ4v) is 3.15. The molecule has 134 valence electrons. The molecule has 5 heteroatoms. The molecule has 0 amide bonds. The van der Waals surface area contributed by atoms with Gasteiger partial charge in [-0.2, -0.15) is 0 Å². The van der Waals surface area contributed by atoms with Gasteiger partial charge in [0.25, 0.3) is 0 Å². The summed E-state index contributed by atoms with van der Waals surface area (Å²) in [5.41, 5.74) is 3.66. The minimum atomic E-state index is -0.455. The van der Waals surface area contributed by atoms with Crippen molar-refractivity contribution in [1.29, 1.82) is 0 Å². The van der Waals surface area contributed by atoms with Crippen LogP contribution in [0.1, 0.15) is 40.3 Å². The van der Waals surface area contributed by atoms with Crippen molar-refractivity contribution in [2.45, 2.75) is 20.8 Å². The first-order valence-corrected chi connectivity index (χ1v) is 8.61. The Hall–Kier alpha value is -3.08. The molecule has 0 saturated heterocycles. The molecule has 0 unspecified atom stereocenters. The molecule has 3 aromatic rings. The summed E-state index contributed by atoms with van der Waals surface area (Å²) in [7, 11) is 0. The zero-order chi connectivity index (χ0) is 18.7. The molecule has 2 heterocycles. The van der Waals surface area contributed by atoms with Gasteiger partial charge in [0.15, 0.2) is 6.29 Å². The van der Waals surface area contributed by atoms with Crippen LogP contribution < -0.4 is 4.74 Å². The Kier molecular flexibility index (Phi) is 5.07. The summed E-state index contributed by atoms with van der Waals surface area (Å²) in [5, 5.41) is 0. The molecule has 0 radical (unpaired) electrons. The van der Waals surface area contributed by atoms with Crippen LogP contribution in [0.5, 0.6) is 5.75 Å². The molecule has 0 spiro atoms. The molecule has 0 bridgehead atoms. The van der Waals surface area contributed by atoms with Gasteiger partial charge in [0.2, 0.25) is 0 Å². The number of nitrogens with zero attached hydrogens (tertiary/aromatic N) is 1. The summed E-state index contributed by atoms with van der Waals surface area (Å²) in [6, 6.07) is 11.2. The molecule has 0 aliphatic rings. The number of aryl methyl sites for hydroxylation is 1. The Morgan fingerprint density at radius 1 is 1.15 bits per heavy atom. The van der Waals surface area contributed by atoms with E-state index in [-0.39, 0.29) is 6.61 Å².